The Labute approximate surface area is 182 Å². The first-order valence-electron chi connectivity index (χ1n) is 8.36. The normalized spacial score (nSPS) is 10.9. The van der Waals surface area contributed by atoms with E-state index in [1.54, 1.807) is 48.5 Å². The van der Waals surface area contributed by atoms with Crippen LogP contribution in [0.25, 0.3) is 17.4 Å². The van der Waals surface area contributed by atoms with Crippen LogP contribution in [0.1, 0.15) is 5.76 Å². The third kappa shape index (κ3) is 5.26. The average Bonchev–Trinajstić information content (AvgIpc) is 3.16. The standard InChI is InChI=1S/C21H16Cl3NO4/c1-27-19-11-17(20(28-2)10-16(19)24)25-21(26)6-4-15-3-5-18(29-15)12-7-13(22)9-14(23)8-12/h3-11H,1-2H3,(H,25,26)/b6-4+. The molecule has 150 valence electrons. The van der Waals surface area contributed by atoms with Gasteiger partial charge in [-0.1, -0.05) is 34.8 Å². The minimum absolute atomic E-state index is 0.377. The fraction of sp³-hybridized carbons (Fsp3) is 0.0952. The number of rotatable bonds is 6. The van der Waals surface area contributed by atoms with Crippen molar-refractivity contribution in [1.82, 2.24) is 0 Å². The van der Waals surface area contributed by atoms with Gasteiger partial charge in [-0.15, -0.1) is 0 Å². The molecule has 0 saturated heterocycles. The number of methoxy groups -OCH3 is 2. The lowest BCUT2D eigenvalue weighted by molar-refractivity contribution is -0.111. The van der Waals surface area contributed by atoms with Gasteiger partial charge >= 0.3 is 0 Å². The number of carbonyl (C=O) groups is 1. The van der Waals surface area contributed by atoms with Crippen LogP contribution in [-0.2, 0) is 4.79 Å². The van der Waals surface area contributed by atoms with E-state index in [-0.39, 0.29) is 5.91 Å². The quantitative estimate of drug-likeness (QED) is 0.429. The number of benzene rings is 2. The topological polar surface area (TPSA) is 60.7 Å². The highest BCUT2D eigenvalue weighted by Gasteiger charge is 2.12. The maximum absolute atomic E-state index is 12.3. The molecule has 0 bridgehead atoms. The third-order valence-electron chi connectivity index (χ3n) is 3.90. The molecule has 5 nitrogen and oxygen atoms in total. The second-order valence-electron chi connectivity index (χ2n) is 5.87. The number of hydrogen-bond donors (Lipinski definition) is 1. The Morgan fingerprint density at radius 1 is 0.966 bits per heavy atom. The van der Waals surface area contributed by atoms with Crippen LogP contribution < -0.4 is 14.8 Å². The number of halogens is 3. The minimum atomic E-state index is -0.378. The first-order valence-corrected chi connectivity index (χ1v) is 9.50. The molecule has 0 aliphatic heterocycles. The number of hydrogen-bond acceptors (Lipinski definition) is 4. The molecule has 0 fully saturated rings. The van der Waals surface area contributed by atoms with Crippen molar-refractivity contribution in [1.29, 1.82) is 0 Å². The Morgan fingerprint density at radius 3 is 2.31 bits per heavy atom. The van der Waals surface area contributed by atoms with E-state index >= 15 is 0 Å². The van der Waals surface area contributed by atoms with Crippen LogP contribution in [0.4, 0.5) is 5.69 Å². The van der Waals surface area contributed by atoms with E-state index in [4.69, 9.17) is 48.7 Å². The number of anilines is 1. The lowest BCUT2D eigenvalue weighted by Gasteiger charge is -2.12. The smallest absolute Gasteiger partial charge is 0.248 e. The summed E-state index contributed by atoms with van der Waals surface area (Å²) in [6.45, 7) is 0. The first-order chi connectivity index (χ1) is 13.9. The van der Waals surface area contributed by atoms with Gasteiger partial charge in [0.2, 0.25) is 5.91 Å². The Balaban J connectivity index is 1.74. The molecule has 29 heavy (non-hydrogen) atoms. The van der Waals surface area contributed by atoms with Crippen LogP contribution in [0.5, 0.6) is 11.5 Å². The fourth-order valence-electron chi connectivity index (χ4n) is 2.58. The van der Waals surface area contributed by atoms with Gasteiger partial charge in [-0.3, -0.25) is 4.79 Å². The summed E-state index contributed by atoms with van der Waals surface area (Å²) in [6.07, 6.45) is 2.89. The predicted octanol–water partition coefficient (Wildman–Crippen LogP) is 6.58. The van der Waals surface area contributed by atoms with Gasteiger partial charge in [0.15, 0.2) is 0 Å². The van der Waals surface area contributed by atoms with Gasteiger partial charge in [-0.25, -0.2) is 0 Å². The van der Waals surface area contributed by atoms with Gasteiger partial charge in [-0.2, -0.15) is 0 Å². The zero-order chi connectivity index (χ0) is 21.0. The molecule has 3 rings (SSSR count). The molecule has 3 aromatic rings. The third-order valence-corrected chi connectivity index (χ3v) is 4.64. The van der Waals surface area contributed by atoms with Crippen LogP contribution >= 0.6 is 34.8 Å². The Hall–Kier alpha value is -2.60. The number of ether oxygens (including phenoxy) is 2. The first kappa shape index (κ1) is 21.1. The van der Waals surface area contributed by atoms with E-state index < -0.39 is 0 Å². The number of furan rings is 1. The summed E-state index contributed by atoms with van der Waals surface area (Å²) in [7, 11) is 2.97. The van der Waals surface area contributed by atoms with Gasteiger partial charge in [0, 0.05) is 33.8 Å². The average molecular weight is 453 g/mol. The lowest BCUT2D eigenvalue weighted by atomic mass is 10.2. The number of nitrogens with one attached hydrogen (secondary N) is 1. The van der Waals surface area contributed by atoms with Crippen molar-refractivity contribution in [2.75, 3.05) is 19.5 Å². The molecular weight excluding hydrogens is 437 g/mol. The maximum atomic E-state index is 12.3. The summed E-state index contributed by atoms with van der Waals surface area (Å²) in [4.78, 5) is 12.3. The van der Waals surface area contributed by atoms with Crippen LogP contribution in [0.15, 0.2) is 53.0 Å². The largest absolute Gasteiger partial charge is 0.495 e. The second kappa shape index (κ2) is 9.27. The van der Waals surface area contributed by atoms with Crippen molar-refractivity contribution in [3.63, 3.8) is 0 Å². The molecule has 1 N–H and O–H groups in total. The van der Waals surface area contributed by atoms with Gasteiger partial charge < -0.3 is 19.2 Å². The monoisotopic (exact) mass is 451 g/mol. The zero-order valence-corrected chi connectivity index (χ0v) is 17.7. The van der Waals surface area contributed by atoms with E-state index in [0.717, 1.165) is 5.56 Å². The SMILES string of the molecule is COc1cc(NC(=O)/C=C/c2ccc(-c3cc(Cl)cc(Cl)c3)o2)c(OC)cc1Cl. The molecule has 0 radical (unpaired) electrons. The minimum Gasteiger partial charge on any atom is -0.495 e. The molecule has 0 atom stereocenters. The number of carbonyl (C=O) groups excluding carboxylic acids is 1. The van der Waals surface area contributed by atoms with Crippen LogP contribution in [0, 0.1) is 0 Å². The molecule has 0 aliphatic carbocycles. The maximum Gasteiger partial charge on any atom is 0.248 e. The Morgan fingerprint density at radius 2 is 1.66 bits per heavy atom. The van der Waals surface area contributed by atoms with Crippen molar-refractivity contribution in [2.24, 2.45) is 0 Å². The Bertz CT molecular complexity index is 1060. The van der Waals surface area contributed by atoms with E-state index in [2.05, 4.69) is 5.32 Å². The summed E-state index contributed by atoms with van der Waals surface area (Å²) in [5, 5.41) is 4.11. The highest BCUT2D eigenvalue weighted by molar-refractivity contribution is 6.35. The van der Waals surface area contributed by atoms with Crippen molar-refractivity contribution in [3.05, 3.63) is 69.4 Å². The van der Waals surface area contributed by atoms with E-state index in [1.165, 1.54) is 20.3 Å². The second-order valence-corrected chi connectivity index (χ2v) is 7.15. The van der Waals surface area contributed by atoms with Crippen LogP contribution in [0.2, 0.25) is 15.1 Å². The van der Waals surface area contributed by atoms with E-state index in [9.17, 15) is 4.79 Å². The van der Waals surface area contributed by atoms with Gasteiger partial charge in [0.25, 0.3) is 0 Å². The zero-order valence-electron chi connectivity index (χ0n) is 15.5. The molecule has 8 heteroatoms. The fourth-order valence-corrected chi connectivity index (χ4v) is 3.34. The summed E-state index contributed by atoms with van der Waals surface area (Å²) in [6, 6.07) is 11.8. The summed E-state index contributed by atoms with van der Waals surface area (Å²) in [5.74, 6) is 1.53. The molecular formula is C21H16Cl3NO4. The van der Waals surface area contributed by atoms with Crippen LogP contribution in [0.3, 0.4) is 0 Å². The summed E-state index contributed by atoms with van der Waals surface area (Å²) in [5.41, 5.74) is 1.17. The molecule has 2 aromatic carbocycles. The van der Waals surface area contributed by atoms with Gasteiger partial charge in [0.1, 0.15) is 23.0 Å². The highest BCUT2D eigenvalue weighted by Crippen LogP contribution is 2.36. The van der Waals surface area contributed by atoms with Gasteiger partial charge in [0.05, 0.1) is 24.9 Å². The van der Waals surface area contributed by atoms with Crippen LogP contribution in [-0.4, -0.2) is 20.1 Å². The van der Waals surface area contributed by atoms with Crippen molar-refractivity contribution in [3.8, 4) is 22.8 Å². The molecule has 1 aromatic heterocycles. The molecule has 1 amide bonds. The van der Waals surface area contributed by atoms with Crippen molar-refractivity contribution in [2.45, 2.75) is 0 Å². The Kier molecular flexibility index (Phi) is 6.75. The molecule has 1 heterocycles. The summed E-state index contributed by atoms with van der Waals surface area (Å²) < 4.78 is 16.1. The van der Waals surface area contributed by atoms with Gasteiger partial charge in [-0.05, 0) is 36.4 Å². The number of amides is 1. The van der Waals surface area contributed by atoms with E-state index in [0.29, 0.717) is 43.8 Å². The lowest BCUT2D eigenvalue weighted by Crippen LogP contribution is -2.09. The summed E-state index contributed by atoms with van der Waals surface area (Å²) >= 11 is 18.1. The predicted molar refractivity (Wildman–Crippen MR) is 116 cm³/mol. The van der Waals surface area contributed by atoms with Crippen molar-refractivity contribution >= 4 is 52.5 Å². The van der Waals surface area contributed by atoms with Crippen molar-refractivity contribution < 1.29 is 18.7 Å². The van der Waals surface area contributed by atoms with E-state index in [1.807, 2.05) is 0 Å². The molecule has 0 unspecified atom stereocenters. The molecule has 0 saturated carbocycles. The molecule has 0 aliphatic rings. The highest BCUT2D eigenvalue weighted by atomic mass is 35.5. The molecule has 0 spiro atoms.